The maximum Gasteiger partial charge on any atom is 0.230 e. The van der Waals surface area contributed by atoms with Crippen LogP contribution in [0.25, 0.3) is 5.65 Å². The fraction of sp³-hybridized carbons (Fsp3) is 0.611. The molecular weight excluding hydrogens is 373 g/mol. The van der Waals surface area contributed by atoms with Gasteiger partial charge in [-0.3, -0.25) is 9.20 Å². The molecule has 0 spiro atoms. The van der Waals surface area contributed by atoms with E-state index in [-0.39, 0.29) is 36.6 Å². The number of pyridine rings is 1. The van der Waals surface area contributed by atoms with Crippen LogP contribution in [0, 0.1) is 5.41 Å². The molecule has 0 radical (unpaired) electrons. The zero-order chi connectivity index (χ0) is 17.2. The number of halogens is 2. The number of carbonyl (C=O) groups is 1. The largest absolute Gasteiger partial charge is 0.341 e. The number of nitrogens with two attached hydrogens (primary N) is 1. The average molecular weight is 402 g/mol. The van der Waals surface area contributed by atoms with Crippen molar-refractivity contribution in [1.29, 1.82) is 0 Å². The van der Waals surface area contributed by atoms with Crippen molar-refractivity contribution in [2.75, 3.05) is 19.6 Å². The number of aromatic nitrogens is 3. The average Bonchev–Trinajstić information content (AvgIpc) is 3.08. The van der Waals surface area contributed by atoms with Crippen molar-refractivity contribution in [1.82, 2.24) is 19.5 Å². The molecule has 8 heteroatoms. The van der Waals surface area contributed by atoms with Gasteiger partial charge < -0.3 is 10.6 Å². The summed E-state index contributed by atoms with van der Waals surface area (Å²) >= 11 is 0. The smallest absolute Gasteiger partial charge is 0.230 e. The Balaban J connectivity index is 0.00000169. The first-order valence-corrected chi connectivity index (χ1v) is 8.94. The molecule has 1 saturated heterocycles. The van der Waals surface area contributed by atoms with E-state index in [1.807, 2.05) is 33.7 Å². The molecule has 1 unspecified atom stereocenters. The number of likely N-dealkylation sites (tertiary alicyclic amines) is 1. The van der Waals surface area contributed by atoms with Gasteiger partial charge in [0.1, 0.15) is 5.82 Å². The molecule has 0 bridgehead atoms. The van der Waals surface area contributed by atoms with Crippen LogP contribution in [0.1, 0.15) is 51.3 Å². The molecule has 2 N–H and O–H groups in total. The second-order valence-corrected chi connectivity index (χ2v) is 6.77. The summed E-state index contributed by atoms with van der Waals surface area (Å²) in [5, 5.41) is 8.64. The second kappa shape index (κ2) is 9.53. The van der Waals surface area contributed by atoms with Crippen LogP contribution in [-0.4, -0.2) is 45.0 Å². The van der Waals surface area contributed by atoms with Crippen molar-refractivity contribution in [3.63, 3.8) is 0 Å². The Morgan fingerprint density at radius 1 is 1.27 bits per heavy atom. The number of hydrogen-bond acceptors (Lipinski definition) is 4. The maximum atomic E-state index is 13.1. The van der Waals surface area contributed by atoms with Crippen LogP contribution in [0.15, 0.2) is 24.4 Å². The minimum atomic E-state index is -0.422. The van der Waals surface area contributed by atoms with Crippen molar-refractivity contribution in [2.24, 2.45) is 11.1 Å². The first-order chi connectivity index (χ1) is 11.6. The predicted molar refractivity (Wildman–Crippen MR) is 108 cm³/mol. The molecule has 3 heterocycles. The van der Waals surface area contributed by atoms with E-state index in [0.29, 0.717) is 13.1 Å². The van der Waals surface area contributed by atoms with Crippen LogP contribution >= 0.6 is 24.8 Å². The van der Waals surface area contributed by atoms with E-state index in [1.165, 1.54) is 0 Å². The Hall–Kier alpha value is -1.37. The van der Waals surface area contributed by atoms with E-state index in [2.05, 4.69) is 24.0 Å². The Labute approximate surface area is 167 Å². The minimum Gasteiger partial charge on any atom is -0.341 e. The Morgan fingerprint density at radius 3 is 2.65 bits per heavy atom. The molecule has 1 atom stereocenters. The first kappa shape index (κ1) is 22.7. The SMILES string of the molecule is CCC(CC)(CN)C(=O)N1CCCC(c2nnc3ccccn23)C1.Cl.Cl. The molecule has 1 aliphatic heterocycles. The van der Waals surface area contributed by atoms with E-state index in [4.69, 9.17) is 5.73 Å². The third-order valence-electron chi connectivity index (χ3n) is 5.61. The molecular formula is C18H29Cl2N5O. The molecule has 6 nitrogen and oxygen atoms in total. The van der Waals surface area contributed by atoms with Crippen molar-refractivity contribution < 1.29 is 4.79 Å². The lowest BCUT2D eigenvalue weighted by Crippen LogP contribution is -2.50. The molecule has 1 aliphatic rings. The van der Waals surface area contributed by atoms with Gasteiger partial charge in [-0.1, -0.05) is 19.9 Å². The molecule has 26 heavy (non-hydrogen) atoms. The topological polar surface area (TPSA) is 76.5 Å². The predicted octanol–water partition coefficient (Wildman–Crippen LogP) is 3.04. The van der Waals surface area contributed by atoms with E-state index in [9.17, 15) is 4.79 Å². The van der Waals surface area contributed by atoms with Crippen LogP contribution in [0.3, 0.4) is 0 Å². The highest BCUT2D eigenvalue weighted by atomic mass is 35.5. The summed E-state index contributed by atoms with van der Waals surface area (Å²) in [6, 6.07) is 5.90. The van der Waals surface area contributed by atoms with E-state index in [0.717, 1.165) is 43.7 Å². The Bertz CT molecular complexity index is 708. The summed E-state index contributed by atoms with van der Waals surface area (Å²) in [6.45, 7) is 6.04. The van der Waals surface area contributed by atoms with Gasteiger partial charge in [-0.05, 0) is 37.8 Å². The van der Waals surface area contributed by atoms with Crippen LogP contribution in [-0.2, 0) is 4.79 Å². The van der Waals surface area contributed by atoms with Gasteiger partial charge in [0.2, 0.25) is 5.91 Å². The van der Waals surface area contributed by atoms with Crippen LogP contribution < -0.4 is 5.73 Å². The Morgan fingerprint density at radius 2 is 2.00 bits per heavy atom. The highest BCUT2D eigenvalue weighted by Crippen LogP contribution is 2.32. The maximum absolute atomic E-state index is 13.1. The summed E-state index contributed by atoms with van der Waals surface area (Å²) in [5.74, 6) is 1.38. The second-order valence-electron chi connectivity index (χ2n) is 6.77. The lowest BCUT2D eigenvalue weighted by Gasteiger charge is -2.39. The fourth-order valence-electron chi connectivity index (χ4n) is 3.77. The van der Waals surface area contributed by atoms with Crippen LogP contribution in [0.4, 0.5) is 0 Å². The van der Waals surface area contributed by atoms with E-state index >= 15 is 0 Å². The molecule has 3 rings (SSSR count). The molecule has 1 fully saturated rings. The third kappa shape index (κ3) is 3.97. The number of hydrogen-bond donors (Lipinski definition) is 1. The molecule has 0 aliphatic carbocycles. The van der Waals surface area contributed by atoms with Gasteiger partial charge in [-0.15, -0.1) is 35.0 Å². The summed E-state index contributed by atoms with van der Waals surface area (Å²) in [5.41, 5.74) is 6.40. The first-order valence-electron chi connectivity index (χ1n) is 8.94. The number of carbonyl (C=O) groups excluding carboxylic acids is 1. The third-order valence-corrected chi connectivity index (χ3v) is 5.61. The minimum absolute atomic E-state index is 0. The highest BCUT2D eigenvalue weighted by Gasteiger charge is 2.39. The van der Waals surface area contributed by atoms with Crippen LogP contribution in [0.2, 0.25) is 0 Å². The van der Waals surface area contributed by atoms with Gasteiger partial charge in [-0.25, -0.2) is 0 Å². The summed E-state index contributed by atoms with van der Waals surface area (Å²) < 4.78 is 2.04. The van der Waals surface area contributed by atoms with Gasteiger partial charge in [0.25, 0.3) is 0 Å². The monoisotopic (exact) mass is 401 g/mol. The molecule has 0 saturated carbocycles. The van der Waals surface area contributed by atoms with Gasteiger partial charge in [0.05, 0.1) is 5.41 Å². The lowest BCUT2D eigenvalue weighted by atomic mass is 9.80. The number of amides is 1. The fourth-order valence-corrected chi connectivity index (χ4v) is 3.77. The number of piperidine rings is 1. The van der Waals surface area contributed by atoms with E-state index < -0.39 is 5.41 Å². The van der Waals surface area contributed by atoms with Gasteiger partial charge in [0, 0.05) is 31.7 Å². The van der Waals surface area contributed by atoms with Crippen molar-refractivity contribution in [3.05, 3.63) is 30.2 Å². The van der Waals surface area contributed by atoms with Crippen molar-refractivity contribution >= 4 is 36.4 Å². The molecule has 2 aromatic heterocycles. The quantitative estimate of drug-likeness (QED) is 0.834. The van der Waals surface area contributed by atoms with Gasteiger partial charge in [0.15, 0.2) is 5.65 Å². The standard InChI is InChI=1S/C18H27N5O.2ClH/c1-3-18(4-2,13-19)17(24)22-10-7-8-14(12-22)16-21-20-15-9-5-6-11-23(15)16;;/h5-6,9,11,14H,3-4,7-8,10,12-13,19H2,1-2H3;2*1H. The Kier molecular flexibility index (Phi) is 8.31. The molecule has 2 aromatic rings. The summed E-state index contributed by atoms with van der Waals surface area (Å²) in [4.78, 5) is 15.1. The zero-order valence-electron chi connectivity index (χ0n) is 15.4. The van der Waals surface area contributed by atoms with Crippen molar-refractivity contribution in [3.8, 4) is 0 Å². The van der Waals surface area contributed by atoms with Gasteiger partial charge in [-0.2, -0.15) is 0 Å². The van der Waals surface area contributed by atoms with Gasteiger partial charge >= 0.3 is 0 Å². The normalized spacial score (nSPS) is 17.5. The molecule has 146 valence electrons. The number of fused-ring (bicyclic) bond motifs is 1. The lowest BCUT2D eigenvalue weighted by molar-refractivity contribution is -0.143. The summed E-state index contributed by atoms with van der Waals surface area (Å²) in [6.07, 6.45) is 5.59. The number of nitrogens with zero attached hydrogens (tertiary/aromatic N) is 4. The van der Waals surface area contributed by atoms with Crippen LogP contribution in [0.5, 0.6) is 0 Å². The zero-order valence-corrected chi connectivity index (χ0v) is 17.1. The molecule has 0 aromatic carbocycles. The molecule has 1 amide bonds. The highest BCUT2D eigenvalue weighted by molar-refractivity contribution is 5.85. The van der Waals surface area contributed by atoms with E-state index in [1.54, 1.807) is 0 Å². The number of rotatable bonds is 5. The van der Waals surface area contributed by atoms with Crippen molar-refractivity contribution in [2.45, 2.75) is 45.4 Å². The summed E-state index contributed by atoms with van der Waals surface area (Å²) in [7, 11) is 0.